The Morgan fingerprint density at radius 3 is 2.74 bits per heavy atom. The standard InChI is InChI=1S/C15H27NO3/c1-2-12-4-3-5-13(10-12)19-14(17)15(11-16)6-8-18-9-7-15/h12-13H,2-11,16H2,1H3. The van der Waals surface area contributed by atoms with Crippen molar-refractivity contribution in [2.24, 2.45) is 17.1 Å². The summed E-state index contributed by atoms with van der Waals surface area (Å²) in [4.78, 5) is 12.5. The highest BCUT2D eigenvalue weighted by Crippen LogP contribution is 2.34. The molecule has 2 rings (SSSR count). The maximum absolute atomic E-state index is 12.5. The molecular weight excluding hydrogens is 242 g/mol. The monoisotopic (exact) mass is 269 g/mol. The van der Waals surface area contributed by atoms with Crippen molar-refractivity contribution in [1.82, 2.24) is 0 Å². The van der Waals surface area contributed by atoms with E-state index in [2.05, 4.69) is 6.92 Å². The molecule has 1 heterocycles. The second kappa shape index (κ2) is 6.71. The van der Waals surface area contributed by atoms with Crippen LogP contribution in [0.5, 0.6) is 0 Å². The molecule has 2 N–H and O–H groups in total. The Kier molecular flexibility index (Phi) is 5.22. The molecule has 0 amide bonds. The lowest BCUT2D eigenvalue weighted by atomic mass is 9.80. The van der Waals surface area contributed by atoms with Crippen LogP contribution in [0, 0.1) is 11.3 Å². The van der Waals surface area contributed by atoms with Gasteiger partial charge in [0, 0.05) is 19.8 Å². The fourth-order valence-corrected chi connectivity index (χ4v) is 3.25. The minimum atomic E-state index is -0.489. The van der Waals surface area contributed by atoms with E-state index in [1.54, 1.807) is 0 Å². The third kappa shape index (κ3) is 3.48. The topological polar surface area (TPSA) is 61.5 Å². The molecule has 4 heteroatoms. The smallest absolute Gasteiger partial charge is 0.313 e. The van der Waals surface area contributed by atoms with Gasteiger partial charge in [-0.1, -0.05) is 19.8 Å². The molecule has 1 saturated heterocycles. The molecule has 1 aliphatic heterocycles. The van der Waals surface area contributed by atoms with E-state index in [1.165, 1.54) is 19.3 Å². The van der Waals surface area contributed by atoms with Crippen LogP contribution in [0.1, 0.15) is 51.9 Å². The lowest BCUT2D eigenvalue weighted by Crippen LogP contribution is -2.45. The Labute approximate surface area is 116 Å². The van der Waals surface area contributed by atoms with Gasteiger partial charge < -0.3 is 15.2 Å². The molecule has 0 radical (unpaired) electrons. The third-order valence-electron chi connectivity index (χ3n) is 4.86. The van der Waals surface area contributed by atoms with E-state index in [4.69, 9.17) is 15.2 Å². The first kappa shape index (κ1) is 14.8. The number of hydrogen-bond donors (Lipinski definition) is 1. The van der Waals surface area contributed by atoms with Gasteiger partial charge in [0.15, 0.2) is 0 Å². The molecule has 4 nitrogen and oxygen atoms in total. The Hall–Kier alpha value is -0.610. The summed E-state index contributed by atoms with van der Waals surface area (Å²) < 4.78 is 11.1. The molecule has 0 aromatic carbocycles. The van der Waals surface area contributed by atoms with Crippen molar-refractivity contribution in [2.75, 3.05) is 19.8 Å². The average molecular weight is 269 g/mol. The van der Waals surface area contributed by atoms with E-state index in [-0.39, 0.29) is 12.1 Å². The zero-order valence-corrected chi connectivity index (χ0v) is 12.0. The van der Waals surface area contributed by atoms with Crippen LogP contribution in [-0.2, 0) is 14.3 Å². The van der Waals surface area contributed by atoms with Gasteiger partial charge >= 0.3 is 5.97 Å². The highest BCUT2D eigenvalue weighted by molar-refractivity contribution is 5.77. The van der Waals surface area contributed by atoms with Crippen molar-refractivity contribution in [3.05, 3.63) is 0 Å². The van der Waals surface area contributed by atoms with E-state index in [9.17, 15) is 4.79 Å². The normalized spacial score (nSPS) is 30.8. The van der Waals surface area contributed by atoms with Gasteiger partial charge in [-0.15, -0.1) is 0 Å². The van der Waals surface area contributed by atoms with Gasteiger partial charge in [-0.2, -0.15) is 0 Å². The molecule has 1 saturated carbocycles. The van der Waals surface area contributed by atoms with Gasteiger partial charge in [0.2, 0.25) is 0 Å². The summed E-state index contributed by atoms with van der Waals surface area (Å²) in [6.45, 7) is 3.83. The summed E-state index contributed by atoms with van der Waals surface area (Å²) in [7, 11) is 0. The number of hydrogen-bond acceptors (Lipinski definition) is 4. The van der Waals surface area contributed by atoms with Crippen LogP contribution in [0.25, 0.3) is 0 Å². The van der Waals surface area contributed by atoms with Crippen molar-refractivity contribution in [1.29, 1.82) is 0 Å². The van der Waals surface area contributed by atoms with Gasteiger partial charge in [0.25, 0.3) is 0 Å². The van der Waals surface area contributed by atoms with Crippen molar-refractivity contribution in [3.63, 3.8) is 0 Å². The minimum absolute atomic E-state index is 0.0833. The van der Waals surface area contributed by atoms with E-state index in [0.717, 1.165) is 18.8 Å². The molecule has 0 bridgehead atoms. The molecule has 110 valence electrons. The van der Waals surface area contributed by atoms with Gasteiger partial charge in [-0.25, -0.2) is 0 Å². The Bertz CT molecular complexity index is 300. The number of carbonyl (C=O) groups excluding carboxylic acids is 1. The number of nitrogens with two attached hydrogens (primary N) is 1. The highest BCUT2D eigenvalue weighted by Gasteiger charge is 2.41. The third-order valence-corrected chi connectivity index (χ3v) is 4.86. The van der Waals surface area contributed by atoms with Crippen LogP contribution in [0.2, 0.25) is 0 Å². The van der Waals surface area contributed by atoms with Crippen molar-refractivity contribution in [2.45, 2.75) is 58.0 Å². The lowest BCUT2D eigenvalue weighted by molar-refractivity contribution is -0.168. The van der Waals surface area contributed by atoms with E-state index >= 15 is 0 Å². The fourth-order valence-electron chi connectivity index (χ4n) is 3.25. The first-order valence-electron chi connectivity index (χ1n) is 7.69. The highest BCUT2D eigenvalue weighted by atomic mass is 16.5. The Morgan fingerprint density at radius 2 is 2.11 bits per heavy atom. The van der Waals surface area contributed by atoms with Crippen LogP contribution in [0.3, 0.4) is 0 Å². The first-order valence-corrected chi connectivity index (χ1v) is 7.69. The average Bonchev–Trinajstić information content (AvgIpc) is 2.48. The fraction of sp³-hybridized carbons (Fsp3) is 0.933. The van der Waals surface area contributed by atoms with Gasteiger partial charge in [-0.3, -0.25) is 4.79 Å². The van der Waals surface area contributed by atoms with Gasteiger partial charge in [0.05, 0.1) is 5.41 Å². The van der Waals surface area contributed by atoms with Crippen molar-refractivity contribution < 1.29 is 14.3 Å². The molecule has 2 aliphatic rings. The minimum Gasteiger partial charge on any atom is -0.462 e. The molecule has 2 fully saturated rings. The van der Waals surface area contributed by atoms with E-state index < -0.39 is 5.41 Å². The second-order valence-corrected chi connectivity index (χ2v) is 6.07. The molecule has 0 spiro atoms. The predicted molar refractivity (Wildman–Crippen MR) is 73.7 cm³/mol. The molecular formula is C15H27NO3. The summed E-state index contributed by atoms with van der Waals surface area (Å²) in [5.74, 6) is 0.634. The molecule has 0 aromatic rings. The first-order chi connectivity index (χ1) is 9.20. The Morgan fingerprint density at radius 1 is 1.37 bits per heavy atom. The number of carbonyl (C=O) groups is 1. The summed E-state index contributed by atoms with van der Waals surface area (Å²) in [6, 6.07) is 0. The second-order valence-electron chi connectivity index (χ2n) is 6.07. The van der Waals surface area contributed by atoms with Crippen LogP contribution in [0.4, 0.5) is 0 Å². The Balaban J connectivity index is 1.91. The van der Waals surface area contributed by atoms with Gasteiger partial charge in [0.1, 0.15) is 6.10 Å². The summed E-state index contributed by atoms with van der Waals surface area (Å²) >= 11 is 0. The van der Waals surface area contributed by atoms with Crippen LogP contribution < -0.4 is 5.73 Å². The molecule has 2 atom stereocenters. The van der Waals surface area contributed by atoms with E-state index in [0.29, 0.717) is 32.6 Å². The lowest BCUT2D eigenvalue weighted by Gasteiger charge is -2.36. The molecule has 0 aromatic heterocycles. The number of esters is 1. The molecule has 19 heavy (non-hydrogen) atoms. The largest absolute Gasteiger partial charge is 0.462 e. The quantitative estimate of drug-likeness (QED) is 0.795. The SMILES string of the molecule is CCC1CCCC(OC(=O)C2(CN)CCOCC2)C1. The summed E-state index contributed by atoms with van der Waals surface area (Å²) in [5.41, 5.74) is 5.35. The molecule has 2 unspecified atom stereocenters. The molecule has 1 aliphatic carbocycles. The number of rotatable bonds is 4. The summed E-state index contributed by atoms with van der Waals surface area (Å²) in [5, 5.41) is 0. The van der Waals surface area contributed by atoms with Crippen LogP contribution in [-0.4, -0.2) is 31.8 Å². The van der Waals surface area contributed by atoms with Crippen LogP contribution in [0.15, 0.2) is 0 Å². The maximum Gasteiger partial charge on any atom is 0.313 e. The van der Waals surface area contributed by atoms with Crippen molar-refractivity contribution in [3.8, 4) is 0 Å². The predicted octanol–water partition coefficient (Wildman–Crippen LogP) is 2.25. The van der Waals surface area contributed by atoms with E-state index in [1.807, 2.05) is 0 Å². The van der Waals surface area contributed by atoms with Crippen molar-refractivity contribution >= 4 is 5.97 Å². The zero-order valence-electron chi connectivity index (χ0n) is 12.0. The maximum atomic E-state index is 12.5. The van der Waals surface area contributed by atoms with Crippen LogP contribution >= 0.6 is 0 Å². The summed E-state index contributed by atoms with van der Waals surface area (Å²) in [6.07, 6.45) is 7.19. The van der Waals surface area contributed by atoms with Gasteiger partial charge in [-0.05, 0) is 38.0 Å². The zero-order chi connectivity index (χ0) is 13.7. The number of ether oxygens (including phenoxy) is 2.